The minimum atomic E-state index is -0.0726. The normalized spacial score (nSPS) is 17.9. The lowest BCUT2D eigenvalue weighted by atomic mass is 9.74. The van der Waals surface area contributed by atoms with E-state index in [4.69, 9.17) is 16.3 Å². The number of rotatable bonds is 5. The van der Waals surface area contributed by atoms with Gasteiger partial charge in [0.2, 0.25) is 0 Å². The molecular weight excluding hydrogens is 358 g/mol. The highest BCUT2D eigenvalue weighted by molar-refractivity contribution is 6.31. The van der Waals surface area contributed by atoms with E-state index >= 15 is 0 Å². The Balaban J connectivity index is 1.60. The molecule has 5 heteroatoms. The Hall–Kier alpha value is -1.88. The van der Waals surface area contributed by atoms with Crippen molar-refractivity contribution < 1.29 is 4.74 Å². The topological polar surface area (TPSA) is 39.1 Å². The van der Waals surface area contributed by atoms with Crippen molar-refractivity contribution in [3.05, 3.63) is 64.8 Å². The smallest absolute Gasteiger partial charge is 0.0982 e. The molecule has 1 atom stereocenters. The van der Waals surface area contributed by atoms with E-state index in [1.54, 1.807) is 0 Å². The van der Waals surface area contributed by atoms with Gasteiger partial charge in [0.25, 0.3) is 0 Å². The van der Waals surface area contributed by atoms with E-state index in [1.807, 2.05) is 30.1 Å². The van der Waals surface area contributed by atoms with Crippen molar-refractivity contribution in [2.24, 2.45) is 7.05 Å². The summed E-state index contributed by atoms with van der Waals surface area (Å²) < 4.78 is 8.29. The molecule has 0 spiro atoms. The van der Waals surface area contributed by atoms with Crippen molar-refractivity contribution in [2.75, 3.05) is 19.7 Å². The molecule has 0 bridgehead atoms. The molecule has 0 aliphatic carbocycles. The number of piperidine rings is 1. The first-order chi connectivity index (χ1) is 13.1. The number of hydrogen-bond acceptors (Lipinski definition) is 3. The molecule has 2 aromatic carbocycles. The lowest BCUT2D eigenvalue weighted by Crippen LogP contribution is -2.43. The van der Waals surface area contributed by atoms with E-state index in [9.17, 15) is 0 Å². The molecule has 1 aliphatic rings. The average Bonchev–Trinajstić information content (AvgIpc) is 3.06. The Kier molecular flexibility index (Phi) is 5.22. The molecule has 0 radical (unpaired) electrons. The van der Waals surface area contributed by atoms with Crippen LogP contribution in [0.1, 0.15) is 37.0 Å². The highest BCUT2D eigenvalue weighted by Gasteiger charge is 2.35. The van der Waals surface area contributed by atoms with Crippen molar-refractivity contribution in [3.63, 3.8) is 0 Å². The highest BCUT2D eigenvalue weighted by Crippen LogP contribution is 2.36. The largest absolute Gasteiger partial charge is 0.373 e. The van der Waals surface area contributed by atoms with Gasteiger partial charge in [0.15, 0.2) is 0 Å². The third-order valence-electron chi connectivity index (χ3n) is 5.71. The van der Waals surface area contributed by atoms with Crippen LogP contribution in [0.15, 0.2) is 48.7 Å². The van der Waals surface area contributed by atoms with Crippen molar-refractivity contribution >= 4 is 22.5 Å². The van der Waals surface area contributed by atoms with Gasteiger partial charge in [-0.2, -0.15) is 5.10 Å². The number of halogens is 1. The molecule has 0 amide bonds. The van der Waals surface area contributed by atoms with E-state index in [1.165, 1.54) is 5.56 Å². The number of nitrogens with zero attached hydrogens (tertiary/aromatic N) is 2. The molecule has 0 saturated carbocycles. The molecule has 1 saturated heterocycles. The van der Waals surface area contributed by atoms with Crippen LogP contribution in [0.3, 0.4) is 0 Å². The number of aryl methyl sites for hydroxylation is 1. The van der Waals surface area contributed by atoms with E-state index in [2.05, 4.69) is 47.7 Å². The summed E-state index contributed by atoms with van der Waals surface area (Å²) in [5.41, 5.74) is 3.44. The molecule has 1 unspecified atom stereocenters. The van der Waals surface area contributed by atoms with Gasteiger partial charge in [0.05, 0.1) is 18.2 Å². The Morgan fingerprint density at radius 3 is 2.70 bits per heavy atom. The van der Waals surface area contributed by atoms with Gasteiger partial charge in [-0.1, -0.05) is 41.9 Å². The quantitative estimate of drug-likeness (QED) is 0.698. The molecular formula is C22H26ClN3O. The number of hydrogen-bond donors (Lipinski definition) is 1. The van der Waals surface area contributed by atoms with Crippen LogP contribution in [-0.2, 0) is 17.2 Å². The number of ether oxygens (including phenoxy) is 1. The van der Waals surface area contributed by atoms with Gasteiger partial charge in [0.1, 0.15) is 0 Å². The first-order valence-electron chi connectivity index (χ1n) is 9.58. The Morgan fingerprint density at radius 2 is 1.96 bits per heavy atom. The molecule has 4 rings (SSSR count). The maximum atomic E-state index is 6.46. The fourth-order valence-corrected chi connectivity index (χ4v) is 4.38. The van der Waals surface area contributed by atoms with Crippen LogP contribution in [0.4, 0.5) is 0 Å². The molecule has 2 heterocycles. The molecule has 1 N–H and O–H groups in total. The van der Waals surface area contributed by atoms with Gasteiger partial charge in [0, 0.05) is 34.6 Å². The standard InChI is InChI=1S/C22H26ClN3O/c1-16(20-13-19(23)12-17-14-26(2)25-21(17)20)27-15-22(8-10-24-11-9-22)18-6-4-3-5-7-18/h3-7,12-14,16,24H,8-11,15H2,1-2H3. The zero-order chi connectivity index (χ0) is 18.9. The van der Waals surface area contributed by atoms with E-state index in [-0.39, 0.29) is 11.5 Å². The summed E-state index contributed by atoms with van der Waals surface area (Å²) in [5.74, 6) is 0. The maximum absolute atomic E-state index is 6.46. The van der Waals surface area contributed by atoms with Crippen LogP contribution in [0.5, 0.6) is 0 Å². The van der Waals surface area contributed by atoms with Crippen LogP contribution >= 0.6 is 11.6 Å². The summed E-state index contributed by atoms with van der Waals surface area (Å²) in [6.45, 7) is 4.84. The summed E-state index contributed by atoms with van der Waals surface area (Å²) in [6, 6.07) is 14.7. The van der Waals surface area contributed by atoms with Gasteiger partial charge in [-0.15, -0.1) is 0 Å². The highest BCUT2D eigenvalue weighted by atomic mass is 35.5. The number of benzene rings is 2. The number of fused-ring (bicyclic) bond motifs is 1. The van der Waals surface area contributed by atoms with Crippen molar-refractivity contribution in [3.8, 4) is 0 Å². The summed E-state index contributed by atoms with van der Waals surface area (Å²) in [4.78, 5) is 0. The molecule has 1 aliphatic heterocycles. The average molecular weight is 384 g/mol. The maximum Gasteiger partial charge on any atom is 0.0982 e. The van der Waals surface area contributed by atoms with Crippen LogP contribution in [0, 0.1) is 0 Å². The van der Waals surface area contributed by atoms with Gasteiger partial charge in [-0.3, -0.25) is 4.68 Å². The van der Waals surface area contributed by atoms with Gasteiger partial charge in [-0.05, 0) is 50.6 Å². The van der Waals surface area contributed by atoms with Crippen molar-refractivity contribution in [1.29, 1.82) is 0 Å². The Bertz CT molecular complexity index is 916. The third kappa shape index (κ3) is 3.75. The lowest BCUT2D eigenvalue weighted by molar-refractivity contribution is 0.0172. The molecule has 4 nitrogen and oxygen atoms in total. The van der Waals surface area contributed by atoms with Gasteiger partial charge in [-0.25, -0.2) is 0 Å². The van der Waals surface area contributed by atoms with E-state index in [0.29, 0.717) is 6.61 Å². The first-order valence-corrected chi connectivity index (χ1v) is 9.96. The fourth-order valence-electron chi connectivity index (χ4n) is 4.14. The van der Waals surface area contributed by atoms with Crippen LogP contribution in [0.25, 0.3) is 10.9 Å². The number of nitrogens with one attached hydrogen (secondary N) is 1. The van der Waals surface area contributed by atoms with E-state index in [0.717, 1.165) is 47.4 Å². The monoisotopic (exact) mass is 383 g/mol. The second-order valence-corrected chi connectivity index (χ2v) is 8.02. The zero-order valence-corrected chi connectivity index (χ0v) is 16.7. The second-order valence-electron chi connectivity index (χ2n) is 7.59. The van der Waals surface area contributed by atoms with Crippen molar-refractivity contribution in [1.82, 2.24) is 15.1 Å². The predicted molar refractivity (Wildman–Crippen MR) is 110 cm³/mol. The van der Waals surface area contributed by atoms with E-state index < -0.39 is 0 Å². The third-order valence-corrected chi connectivity index (χ3v) is 5.93. The van der Waals surface area contributed by atoms with Crippen LogP contribution in [0.2, 0.25) is 5.02 Å². The summed E-state index contributed by atoms with van der Waals surface area (Å²) >= 11 is 6.35. The Morgan fingerprint density at radius 1 is 1.22 bits per heavy atom. The zero-order valence-electron chi connectivity index (χ0n) is 15.9. The summed E-state index contributed by atoms with van der Waals surface area (Å²) in [5, 5.41) is 9.86. The molecule has 142 valence electrons. The molecule has 1 aromatic heterocycles. The van der Waals surface area contributed by atoms with Gasteiger partial charge < -0.3 is 10.1 Å². The summed E-state index contributed by atoms with van der Waals surface area (Å²) in [6.07, 6.45) is 4.09. The minimum Gasteiger partial charge on any atom is -0.373 e. The van der Waals surface area contributed by atoms with Crippen LogP contribution < -0.4 is 5.32 Å². The summed E-state index contributed by atoms with van der Waals surface area (Å²) in [7, 11) is 1.93. The van der Waals surface area contributed by atoms with Crippen LogP contribution in [-0.4, -0.2) is 29.5 Å². The SMILES string of the molecule is CC(OCC1(c2ccccc2)CCNCC1)c1cc(Cl)cc2cn(C)nc12. The minimum absolute atomic E-state index is 0.0581. The molecule has 1 fully saturated rings. The lowest BCUT2D eigenvalue weighted by Gasteiger charge is -2.38. The molecule has 3 aromatic rings. The predicted octanol–water partition coefficient (Wildman–Crippen LogP) is 4.63. The number of aromatic nitrogens is 2. The Labute approximate surface area is 165 Å². The van der Waals surface area contributed by atoms with Gasteiger partial charge >= 0.3 is 0 Å². The molecule has 27 heavy (non-hydrogen) atoms. The van der Waals surface area contributed by atoms with Crippen molar-refractivity contribution in [2.45, 2.75) is 31.3 Å². The first kappa shape index (κ1) is 18.5. The fraction of sp³-hybridized carbons (Fsp3) is 0.409. The second kappa shape index (κ2) is 7.63.